The molecule has 1 unspecified atom stereocenters. The van der Waals surface area contributed by atoms with Gasteiger partial charge in [0, 0.05) is 11.6 Å². The van der Waals surface area contributed by atoms with Crippen LogP contribution in [0.25, 0.3) is 11.4 Å². The first-order chi connectivity index (χ1) is 9.62. The third-order valence-electron chi connectivity index (χ3n) is 3.36. The number of benzene rings is 1. The maximum absolute atomic E-state index is 10.4. The lowest BCUT2D eigenvalue weighted by Gasteiger charge is -2.14. The average Bonchev–Trinajstić information content (AvgIpc) is 3.08. The van der Waals surface area contributed by atoms with Crippen molar-refractivity contribution in [3.8, 4) is 17.1 Å². The topological polar surface area (TPSA) is 80.4 Å². The summed E-state index contributed by atoms with van der Waals surface area (Å²) in [6.45, 7) is 1.13. The minimum Gasteiger partial charge on any atom is -0.496 e. The van der Waals surface area contributed by atoms with E-state index in [4.69, 9.17) is 20.9 Å². The van der Waals surface area contributed by atoms with Crippen molar-refractivity contribution < 1.29 is 14.4 Å². The molecule has 1 aliphatic heterocycles. The van der Waals surface area contributed by atoms with Crippen molar-refractivity contribution in [1.82, 2.24) is 15.5 Å². The molecule has 1 aliphatic rings. The van der Waals surface area contributed by atoms with Crippen molar-refractivity contribution in [1.29, 1.82) is 0 Å². The number of nitrogens with one attached hydrogen (secondary N) is 1. The summed E-state index contributed by atoms with van der Waals surface area (Å²) in [7, 11) is 1.55. The summed E-state index contributed by atoms with van der Waals surface area (Å²) >= 11 is 5.92. The van der Waals surface area contributed by atoms with Gasteiger partial charge in [0.25, 0.3) is 5.89 Å². The van der Waals surface area contributed by atoms with Crippen LogP contribution in [-0.2, 0) is 5.60 Å². The third-order valence-corrected chi connectivity index (χ3v) is 3.60. The number of aliphatic hydroxyl groups is 1. The van der Waals surface area contributed by atoms with Crippen molar-refractivity contribution in [3.63, 3.8) is 0 Å². The quantitative estimate of drug-likeness (QED) is 0.895. The molecule has 7 heteroatoms. The Bertz CT molecular complexity index is 623. The molecule has 6 nitrogen and oxygen atoms in total. The number of halogens is 1. The third kappa shape index (κ3) is 2.26. The first kappa shape index (κ1) is 13.4. The van der Waals surface area contributed by atoms with Gasteiger partial charge in [-0.15, -0.1) is 0 Å². The first-order valence-corrected chi connectivity index (χ1v) is 6.61. The van der Waals surface area contributed by atoms with E-state index in [0.29, 0.717) is 35.1 Å². The smallest absolute Gasteiger partial charge is 0.260 e. The Morgan fingerprint density at radius 3 is 3.05 bits per heavy atom. The Morgan fingerprint density at radius 2 is 2.35 bits per heavy atom. The van der Waals surface area contributed by atoms with E-state index in [0.717, 1.165) is 6.54 Å². The number of hydrogen-bond donors (Lipinski definition) is 2. The molecule has 1 aromatic carbocycles. The van der Waals surface area contributed by atoms with Gasteiger partial charge in [-0.05, 0) is 31.2 Å². The van der Waals surface area contributed by atoms with Gasteiger partial charge in [-0.25, -0.2) is 0 Å². The van der Waals surface area contributed by atoms with Gasteiger partial charge >= 0.3 is 0 Å². The van der Waals surface area contributed by atoms with Crippen LogP contribution in [0, 0.1) is 0 Å². The summed E-state index contributed by atoms with van der Waals surface area (Å²) in [6.07, 6.45) is 0.548. The standard InChI is InChI=1S/C13H14ClN3O3/c1-19-10-6-8(14)2-3-9(10)11-16-12(20-17-11)13(18)4-5-15-7-13/h2-3,6,15,18H,4-5,7H2,1H3. The molecule has 3 rings (SSSR count). The van der Waals surface area contributed by atoms with E-state index in [2.05, 4.69) is 15.5 Å². The van der Waals surface area contributed by atoms with Gasteiger partial charge in [-0.2, -0.15) is 4.98 Å². The molecule has 2 heterocycles. The van der Waals surface area contributed by atoms with Gasteiger partial charge in [0.2, 0.25) is 5.82 Å². The summed E-state index contributed by atoms with van der Waals surface area (Å²) < 4.78 is 10.5. The fraction of sp³-hybridized carbons (Fsp3) is 0.385. The number of nitrogens with zero attached hydrogens (tertiary/aromatic N) is 2. The monoisotopic (exact) mass is 295 g/mol. The lowest BCUT2D eigenvalue weighted by atomic mass is 10.0. The van der Waals surface area contributed by atoms with Crippen LogP contribution < -0.4 is 10.1 Å². The van der Waals surface area contributed by atoms with E-state index < -0.39 is 5.60 Å². The van der Waals surface area contributed by atoms with E-state index in [1.807, 2.05) is 0 Å². The number of methoxy groups -OCH3 is 1. The predicted octanol–water partition coefficient (Wildman–Crippen LogP) is 1.58. The number of aromatic nitrogens is 2. The van der Waals surface area contributed by atoms with Crippen LogP contribution in [0.3, 0.4) is 0 Å². The van der Waals surface area contributed by atoms with Gasteiger partial charge < -0.3 is 19.7 Å². The lowest BCUT2D eigenvalue weighted by molar-refractivity contribution is 0.0243. The number of β-amino-alcohol motifs (C(OH)–C–C–N with tert-alkyl or cyclic N) is 1. The van der Waals surface area contributed by atoms with Crippen molar-refractivity contribution >= 4 is 11.6 Å². The molecule has 1 aromatic heterocycles. The van der Waals surface area contributed by atoms with Crippen LogP contribution in [0.5, 0.6) is 5.75 Å². The molecule has 1 saturated heterocycles. The molecule has 0 aliphatic carbocycles. The summed E-state index contributed by atoms with van der Waals surface area (Å²) in [5, 5.41) is 17.9. The molecule has 2 aromatic rings. The van der Waals surface area contributed by atoms with Crippen molar-refractivity contribution in [3.05, 3.63) is 29.1 Å². The highest BCUT2D eigenvalue weighted by Gasteiger charge is 2.39. The fourth-order valence-electron chi connectivity index (χ4n) is 2.23. The molecule has 0 spiro atoms. The molecule has 1 fully saturated rings. The molecule has 0 bridgehead atoms. The van der Waals surface area contributed by atoms with Gasteiger partial charge in [0.05, 0.1) is 12.7 Å². The van der Waals surface area contributed by atoms with Gasteiger partial charge in [0.15, 0.2) is 5.60 Å². The zero-order valence-electron chi connectivity index (χ0n) is 10.9. The minimum atomic E-state index is -1.09. The molecule has 1 atom stereocenters. The number of ether oxygens (including phenoxy) is 1. The van der Waals surface area contributed by atoms with E-state index in [9.17, 15) is 5.11 Å². The number of hydrogen-bond acceptors (Lipinski definition) is 6. The highest BCUT2D eigenvalue weighted by Crippen LogP contribution is 2.33. The summed E-state index contributed by atoms with van der Waals surface area (Å²) in [6, 6.07) is 5.16. The second kappa shape index (κ2) is 5.05. The van der Waals surface area contributed by atoms with Crippen molar-refractivity contribution in [2.45, 2.75) is 12.0 Å². The molecule has 20 heavy (non-hydrogen) atoms. The van der Waals surface area contributed by atoms with Gasteiger partial charge in [-0.1, -0.05) is 16.8 Å². The molecular weight excluding hydrogens is 282 g/mol. The van der Waals surface area contributed by atoms with E-state index in [-0.39, 0.29) is 5.89 Å². The average molecular weight is 296 g/mol. The summed E-state index contributed by atoms with van der Waals surface area (Å²) in [5.41, 5.74) is -0.424. The SMILES string of the molecule is COc1cc(Cl)ccc1-c1noc(C2(O)CCNC2)n1. The maximum Gasteiger partial charge on any atom is 0.260 e. The maximum atomic E-state index is 10.4. The fourth-order valence-corrected chi connectivity index (χ4v) is 2.40. The van der Waals surface area contributed by atoms with Crippen LogP contribution in [0.4, 0.5) is 0 Å². The molecule has 0 radical (unpaired) electrons. The number of rotatable bonds is 3. The Labute approximate surface area is 120 Å². The van der Waals surface area contributed by atoms with Crippen molar-refractivity contribution in [2.24, 2.45) is 0 Å². The Hall–Kier alpha value is -1.63. The minimum absolute atomic E-state index is 0.217. The van der Waals surface area contributed by atoms with Crippen LogP contribution in [0.2, 0.25) is 5.02 Å². The highest BCUT2D eigenvalue weighted by molar-refractivity contribution is 6.30. The second-order valence-corrected chi connectivity index (χ2v) is 5.16. The molecule has 0 amide bonds. The van der Waals surface area contributed by atoms with Crippen LogP contribution in [-0.4, -0.2) is 35.4 Å². The van der Waals surface area contributed by atoms with E-state index in [1.165, 1.54) is 0 Å². The lowest BCUT2D eigenvalue weighted by Crippen LogP contribution is -2.28. The highest BCUT2D eigenvalue weighted by atomic mass is 35.5. The summed E-state index contributed by atoms with van der Waals surface area (Å²) in [4.78, 5) is 4.28. The Kier molecular flexibility index (Phi) is 3.37. The van der Waals surface area contributed by atoms with Crippen LogP contribution >= 0.6 is 11.6 Å². The second-order valence-electron chi connectivity index (χ2n) is 4.73. The van der Waals surface area contributed by atoms with Crippen LogP contribution in [0.1, 0.15) is 12.3 Å². The molecule has 106 valence electrons. The van der Waals surface area contributed by atoms with Gasteiger partial charge in [-0.3, -0.25) is 0 Å². The normalized spacial score (nSPS) is 22.1. The molecule has 0 saturated carbocycles. The van der Waals surface area contributed by atoms with E-state index in [1.54, 1.807) is 25.3 Å². The Balaban J connectivity index is 1.98. The molecule has 2 N–H and O–H groups in total. The molecular formula is C13H14ClN3O3. The largest absolute Gasteiger partial charge is 0.496 e. The van der Waals surface area contributed by atoms with E-state index >= 15 is 0 Å². The predicted molar refractivity (Wildman–Crippen MR) is 72.7 cm³/mol. The summed E-state index contributed by atoms with van der Waals surface area (Å²) in [5.74, 6) is 1.14. The zero-order chi connectivity index (χ0) is 14.2. The zero-order valence-corrected chi connectivity index (χ0v) is 11.6. The van der Waals surface area contributed by atoms with Crippen molar-refractivity contribution in [2.75, 3.05) is 20.2 Å². The van der Waals surface area contributed by atoms with Gasteiger partial charge in [0.1, 0.15) is 5.75 Å². The first-order valence-electron chi connectivity index (χ1n) is 6.23. The Morgan fingerprint density at radius 1 is 1.50 bits per heavy atom. The van der Waals surface area contributed by atoms with Crippen LogP contribution in [0.15, 0.2) is 22.7 Å².